The topological polar surface area (TPSA) is 59.4 Å². The van der Waals surface area contributed by atoms with Gasteiger partial charge in [0.1, 0.15) is 11.6 Å². The molecule has 5 heteroatoms. The van der Waals surface area contributed by atoms with Crippen LogP contribution in [0, 0.1) is 5.82 Å². The number of aromatic nitrogens is 1. The highest BCUT2D eigenvalue weighted by Gasteiger charge is 2.08. The van der Waals surface area contributed by atoms with Crippen molar-refractivity contribution in [3.63, 3.8) is 0 Å². The summed E-state index contributed by atoms with van der Waals surface area (Å²) in [5, 5.41) is 10.4. The molecule has 0 atom stereocenters. The molecule has 2 aromatic carbocycles. The number of phenolic OH excluding ortho intramolecular Hbond substituents is 1. The van der Waals surface area contributed by atoms with Crippen LogP contribution in [0.15, 0.2) is 54.6 Å². The number of pyridine rings is 1. The predicted molar refractivity (Wildman–Crippen MR) is 89.9 cm³/mol. The maximum absolute atomic E-state index is 13.9. The molecule has 0 aliphatic rings. The third kappa shape index (κ3) is 3.25. The van der Waals surface area contributed by atoms with Crippen molar-refractivity contribution >= 4 is 22.9 Å². The van der Waals surface area contributed by atoms with Crippen LogP contribution in [-0.2, 0) is 9.53 Å². The average molecular weight is 323 g/mol. The Bertz CT molecular complexity index is 950. The summed E-state index contributed by atoms with van der Waals surface area (Å²) in [5.74, 6) is -0.892. The number of carbonyl (C=O) groups is 1. The lowest BCUT2D eigenvalue weighted by molar-refractivity contribution is -0.134. The average Bonchev–Trinajstić information content (AvgIpc) is 2.61. The number of ether oxygens (including phenoxy) is 1. The summed E-state index contributed by atoms with van der Waals surface area (Å²) in [6.45, 7) is 0. The highest BCUT2D eigenvalue weighted by Crippen LogP contribution is 2.27. The molecule has 4 nitrogen and oxygen atoms in total. The van der Waals surface area contributed by atoms with Gasteiger partial charge in [0, 0.05) is 17.0 Å². The molecule has 0 saturated carbocycles. The van der Waals surface area contributed by atoms with Crippen molar-refractivity contribution in [1.29, 1.82) is 0 Å². The van der Waals surface area contributed by atoms with Gasteiger partial charge in [0.25, 0.3) is 0 Å². The molecule has 0 aliphatic heterocycles. The first-order chi connectivity index (χ1) is 11.6. The van der Waals surface area contributed by atoms with E-state index in [4.69, 9.17) is 0 Å². The number of aromatic hydroxyl groups is 1. The summed E-state index contributed by atoms with van der Waals surface area (Å²) in [6.07, 6.45) is 2.99. The fourth-order valence-electron chi connectivity index (χ4n) is 2.34. The highest BCUT2D eigenvalue weighted by atomic mass is 19.1. The number of halogens is 1. The lowest BCUT2D eigenvalue weighted by Crippen LogP contribution is -1.93. The molecule has 24 heavy (non-hydrogen) atoms. The van der Waals surface area contributed by atoms with Crippen LogP contribution < -0.4 is 0 Å². The van der Waals surface area contributed by atoms with E-state index in [9.17, 15) is 14.3 Å². The number of nitrogens with zero attached hydrogens (tertiary/aromatic N) is 1. The van der Waals surface area contributed by atoms with Gasteiger partial charge in [-0.25, -0.2) is 14.2 Å². The number of rotatable bonds is 3. The molecule has 1 N–H and O–H groups in total. The standard InChI is InChI=1S/C19H14FNO3/c1-24-19(23)9-3-12-2-7-17-13(10-12)4-8-18(21-17)15-11-14(22)5-6-16(15)20/h2-11,22H,1H3/b9-3+. The zero-order valence-electron chi connectivity index (χ0n) is 12.9. The summed E-state index contributed by atoms with van der Waals surface area (Å²) in [6, 6.07) is 12.8. The van der Waals surface area contributed by atoms with Crippen molar-refractivity contribution in [3.8, 4) is 17.0 Å². The van der Waals surface area contributed by atoms with Gasteiger partial charge in [-0.15, -0.1) is 0 Å². The molecule has 1 aromatic heterocycles. The molecule has 3 rings (SSSR count). The highest BCUT2D eigenvalue weighted by molar-refractivity contribution is 5.89. The fourth-order valence-corrected chi connectivity index (χ4v) is 2.34. The summed E-state index contributed by atoms with van der Waals surface area (Å²) in [4.78, 5) is 15.6. The maximum Gasteiger partial charge on any atom is 0.330 e. The van der Waals surface area contributed by atoms with E-state index >= 15 is 0 Å². The quantitative estimate of drug-likeness (QED) is 0.586. The van der Waals surface area contributed by atoms with Gasteiger partial charge >= 0.3 is 5.97 Å². The number of esters is 1. The second kappa shape index (κ2) is 6.50. The summed E-state index contributed by atoms with van der Waals surface area (Å²) in [5.41, 5.74) is 2.19. The smallest absolute Gasteiger partial charge is 0.330 e. The van der Waals surface area contributed by atoms with Crippen molar-refractivity contribution in [2.45, 2.75) is 0 Å². The monoisotopic (exact) mass is 323 g/mol. The second-order valence-electron chi connectivity index (χ2n) is 5.17. The molecule has 0 unspecified atom stereocenters. The molecular formula is C19H14FNO3. The van der Waals surface area contributed by atoms with E-state index in [2.05, 4.69) is 9.72 Å². The Balaban J connectivity index is 1.99. The van der Waals surface area contributed by atoms with Crippen LogP contribution in [0.25, 0.3) is 28.2 Å². The van der Waals surface area contributed by atoms with Crippen LogP contribution in [0.2, 0.25) is 0 Å². The Labute approximate surface area is 137 Å². The van der Waals surface area contributed by atoms with E-state index in [1.807, 2.05) is 12.1 Å². The zero-order chi connectivity index (χ0) is 17.1. The van der Waals surface area contributed by atoms with Crippen LogP contribution in [0.4, 0.5) is 4.39 Å². The normalized spacial score (nSPS) is 11.1. The van der Waals surface area contributed by atoms with Gasteiger partial charge in [0.2, 0.25) is 0 Å². The van der Waals surface area contributed by atoms with Crippen molar-refractivity contribution in [1.82, 2.24) is 4.98 Å². The lowest BCUT2D eigenvalue weighted by atomic mass is 10.1. The Hall–Kier alpha value is -3.21. The SMILES string of the molecule is COC(=O)/C=C/c1ccc2nc(-c3cc(O)ccc3F)ccc2c1. The van der Waals surface area contributed by atoms with Crippen molar-refractivity contribution < 1.29 is 19.0 Å². The van der Waals surface area contributed by atoms with E-state index in [-0.39, 0.29) is 11.3 Å². The molecule has 0 fully saturated rings. The molecular weight excluding hydrogens is 309 g/mol. The van der Waals surface area contributed by atoms with Crippen LogP contribution in [0.5, 0.6) is 5.75 Å². The second-order valence-corrected chi connectivity index (χ2v) is 5.17. The fraction of sp³-hybridized carbons (Fsp3) is 0.0526. The third-order valence-corrected chi connectivity index (χ3v) is 3.55. The summed E-state index contributed by atoms with van der Waals surface area (Å²) in [7, 11) is 1.32. The summed E-state index contributed by atoms with van der Waals surface area (Å²) < 4.78 is 18.5. The Morgan fingerprint density at radius 1 is 1.17 bits per heavy atom. The maximum atomic E-state index is 13.9. The predicted octanol–water partition coefficient (Wildman–Crippen LogP) is 3.93. The number of benzene rings is 2. The number of hydrogen-bond acceptors (Lipinski definition) is 4. The first-order valence-electron chi connectivity index (χ1n) is 7.22. The molecule has 0 aliphatic carbocycles. The van der Waals surface area contributed by atoms with Gasteiger partial charge in [-0.3, -0.25) is 0 Å². The van der Waals surface area contributed by atoms with E-state index < -0.39 is 11.8 Å². The first-order valence-corrected chi connectivity index (χ1v) is 7.22. The van der Waals surface area contributed by atoms with Crippen molar-refractivity contribution in [2.75, 3.05) is 7.11 Å². The summed E-state index contributed by atoms with van der Waals surface area (Å²) >= 11 is 0. The van der Waals surface area contributed by atoms with Crippen LogP contribution in [0.3, 0.4) is 0 Å². The first kappa shape index (κ1) is 15.7. The number of carbonyl (C=O) groups excluding carboxylic acids is 1. The molecule has 0 amide bonds. The number of fused-ring (bicyclic) bond motifs is 1. The minimum atomic E-state index is -0.447. The van der Waals surface area contributed by atoms with Gasteiger partial charge in [-0.1, -0.05) is 12.1 Å². The van der Waals surface area contributed by atoms with Gasteiger partial charge in [0.15, 0.2) is 0 Å². The molecule has 0 bridgehead atoms. The molecule has 120 valence electrons. The number of phenols is 1. The van der Waals surface area contributed by atoms with Gasteiger partial charge in [-0.05, 0) is 48.0 Å². The van der Waals surface area contributed by atoms with Gasteiger partial charge in [0.05, 0.1) is 18.3 Å². The van der Waals surface area contributed by atoms with Crippen LogP contribution >= 0.6 is 0 Å². The Kier molecular flexibility index (Phi) is 4.24. The van der Waals surface area contributed by atoms with E-state index in [1.54, 1.807) is 24.3 Å². The Morgan fingerprint density at radius 2 is 2.00 bits per heavy atom. The van der Waals surface area contributed by atoms with Crippen molar-refractivity contribution in [2.24, 2.45) is 0 Å². The molecule has 1 heterocycles. The van der Waals surface area contributed by atoms with E-state index in [0.717, 1.165) is 10.9 Å². The zero-order valence-corrected chi connectivity index (χ0v) is 12.9. The molecule has 0 radical (unpaired) electrons. The van der Waals surface area contributed by atoms with Crippen molar-refractivity contribution in [3.05, 3.63) is 66.0 Å². The largest absolute Gasteiger partial charge is 0.508 e. The van der Waals surface area contributed by atoms with E-state index in [0.29, 0.717) is 11.2 Å². The van der Waals surface area contributed by atoms with Gasteiger partial charge < -0.3 is 9.84 Å². The molecule has 0 saturated heterocycles. The minimum absolute atomic E-state index is 0.0170. The molecule has 3 aromatic rings. The van der Waals surface area contributed by atoms with Crippen LogP contribution in [-0.4, -0.2) is 23.2 Å². The minimum Gasteiger partial charge on any atom is -0.508 e. The molecule has 0 spiro atoms. The van der Waals surface area contributed by atoms with Gasteiger partial charge in [-0.2, -0.15) is 0 Å². The number of methoxy groups -OCH3 is 1. The Morgan fingerprint density at radius 3 is 2.79 bits per heavy atom. The number of hydrogen-bond donors (Lipinski definition) is 1. The van der Waals surface area contributed by atoms with Crippen LogP contribution in [0.1, 0.15) is 5.56 Å². The third-order valence-electron chi connectivity index (χ3n) is 3.55. The lowest BCUT2D eigenvalue weighted by Gasteiger charge is -2.06. The van der Waals surface area contributed by atoms with E-state index in [1.165, 1.54) is 31.4 Å².